The first-order valence-electron chi connectivity index (χ1n) is 8.01. The van der Waals surface area contributed by atoms with E-state index in [-0.39, 0.29) is 18.0 Å². The summed E-state index contributed by atoms with van der Waals surface area (Å²) < 4.78 is 0. The third-order valence-corrected chi connectivity index (χ3v) is 3.75. The average molecular weight is 312 g/mol. The van der Waals surface area contributed by atoms with E-state index < -0.39 is 0 Å². The number of nitrogens with zero attached hydrogens (tertiary/aromatic N) is 2. The summed E-state index contributed by atoms with van der Waals surface area (Å²) in [6, 6.07) is 8.10. The van der Waals surface area contributed by atoms with Gasteiger partial charge in [-0.25, -0.2) is 9.97 Å². The lowest BCUT2D eigenvalue weighted by atomic mass is 10.0. The van der Waals surface area contributed by atoms with Crippen LogP contribution in [0.15, 0.2) is 43.0 Å². The fraction of sp³-hybridized carbons (Fsp3) is 0.389. The van der Waals surface area contributed by atoms with Gasteiger partial charge in [-0.2, -0.15) is 0 Å². The summed E-state index contributed by atoms with van der Waals surface area (Å²) in [5, 5.41) is 6.23. The molecule has 0 radical (unpaired) electrons. The van der Waals surface area contributed by atoms with Gasteiger partial charge in [0.1, 0.15) is 6.33 Å². The normalized spacial score (nSPS) is 13.3. The third-order valence-electron chi connectivity index (χ3n) is 3.75. The molecule has 2 N–H and O–H groups in total. The van der Waals surface area contributed by atoms with E-state index in [4.69, 9.17) is 0 Å². The lowest BCUT2D eigenvalue weighted by Gasteiger charge is -2.20. The molecule has 0 saturated heterocycles. The highest BCUT2D eigenvalue weighted by Gasteiger charge is 2.15. The predicted molar refractivity (Wildman–Crippen MR) is 91.8 cm³/mol. The molecule has 1 heterocycles. The summed E-state index contributed by atoms with van der Waals surface area (Å²) in [4.78, 5) is 20.0. The maximum absolute atomic E-state index is 11.9. The number of hydrogen-bond donors (Lipinski definition) is 2. The molecular formula is C18H24N4O. The van der Waals surface area contributed by atoms with Gasteiger partial charge in [0.2, 0.25) is 5.91 Å². The number of amides is 1. The van der Waals surface area contributed by atoms with Crippen LogP contribution in [0.4, 0.5) is 0 Å². The number of carbonyl (C=O) groups excluding carboxylic acids is 1. The molecule has 0 fully saturated rings. The smallest absolute Gasteiger partial charge is 0.236 e. The van der Waals surface area contributed by atoms with Gasteiger partial charge in [0.25, 0.3) is 0 Å². The zero-order chi connectivity index (χ0) is 16.7. The van der Waals surface area contributed by atoms with E-state index in [1.165, 1.54) is 6.33 Å². The maximum atomic E-state index is 11.9. The molecule has 0 aliphatic rings. The van der Waals surface area contributed by atoms with Gasteiger partial charge in [-0.15, -0.1) is 0 Å². The Kier molecular flexibility index (Phi) is 6.23. The molecule has 122 valence electrons. The Morgan fingerprint density at radius 1 is 1.09 bits per heavy atom. The third kappa shape index (κ3) is 4.86. The van der Waals surface area contributed by atoms with Crippen molar-refractivity contribution in [3.63, 3.8) is 0 Å². The van der Waals surface area contributed by atoms with Gasteiger partial charge in [-0.05, 0) is 31.4 Å². The van der Waals surface area contributed by atoms with Gasteiger partial charge in [-0.3, -0.25) is 10.1 Å². The summed E-state index contributed by atoms with van der Waals surface area (Å²) in [7, 11) is 0. The van der Waals surface area contributed by atoms with Gasteiger partial charge in [-0.1, -0.05) is 31.2 Å². The number of rotatable bonds is 7. The first-order chi connectivity index (χ1) is 11.1. The van der Waals surface area contributed by atoms with E-state index in [1.807, 2.05) is 26.0 Å². The second-order valence-corrected chi connectivity index (χ2v) is 5.65. The molecule has 1 aromatic carbocycles. The number of hydrogen-bond acceptors (Lipinski definition) is 4. The van der Waals surface area contributed by atoms with Crippen molar-refractivity contribution in [2.24, 2.45) is 0 Å². The van der Waals surface area contributed by atoms with Crippen LogP contribution in [-0.4, -0.2) is 28.5 Å². The summed E-state index contributed by atoms with van der Waals surface area (Å²) in [6.45, 7) is 6.70. The van der Waals surface area contributed by atoms with Crippen LogP contribution >= 0.6 is 0 Å². The lowest BCUT2D eigenvalue weighted by Crippen LogP contribution is -2.43. The molecule has 2 rings (SSSR count). The molecule has 1 amide bonds. The van der Waals surface area contributed by atoms with Crippen LogP contribution in [0.5, 0.6) is 0 Å². The van der Waals surface area contributed by atoms with Crippen molar-refractivity contribution in [2.75, 3.05) is 6.54 Å². The van der Waals surface area contributed by atoms with Crippen LogP contribution in [0.25, 0.3) is 11.1 Å². The van der Waals surface area contributed by atoms with E-state index in [2.05, 4.69) is 39.7 Å². The van der Waals surface area contributed by atoms with Gasteiger partial charge in [0.15, 0.2) is 0 Å². The molecule has 1 aromatic heterocycles. The molecule has 0 aliphatic heterocycles. The summed E-state index contributed by atoms with van der Waals surface area (Å²) in [6.07, 6.45) is 6.06. The summed E-state index contributed by atoms with van der Waals surface area (Å²) in [5.41, 5.74) is 3.21. The number of carbonyl (C=O) groups is 1. The standard InChI is InChI=1S/C18H24N4O/c1-4-9-21-18(23)14(3)22-13(2)15-5-7-16(8-6-15)17-10-19-12-20-11-17/h5-8,10-14,22H,4,9H2,1-3H3,(H,21,23)/t13-,14-/m1/s1. The highest BCUT2D eigenvalue weighted by atomic mass is 16.2. The van der Waals surface area contributed by atoms with Crippen molar-refractivity contribution in [1.82, 2.24) is 20.6 Å². The molecule has 0 aliphatic carbocycles. The van der Waals surface area contributed by atoms with Crippen molar-refractivity contribution in [2.45, 2.75) is 39.3 Å². The van der Waals surface area contributed by atoms with E-state index in [9.17, 15) is 4.79 Å². The molecule has 23 heavy (non-hydrogen) atoms. The second kappa shape index (κ2) is 8.39. The topological polar surface area (TPSA) is 66.9 Å². The lowest BCUT2D eigenvalue weighted by molar-refractivity contribution is -0.122. The Hall–Kier alpha value is -2.27. The Morgan fingerprint density at radius 3 is 2.35 bits per heavy atom. The molecule has 5 nitrogen and oxygen atoms in total. The SMILES string of the molecule is CCCNC(=O)[C@@H](C)N[C@H](C)c1ccc(-c2cncnc2)cc1. The van der Waals surface area contributed by atoms with Gasteiger partial charge >= 0.3 is 0 Å². The first-order valence-corrected chi connectivity index (χ1v) is 8.01. The molecular weight excluding hydrogens is 288 g/mol. The van der Waals surface area contributed by atoms with Crippen molar-refractivity contribution < 1.29 is 4.79 Å². The first kappa shape index (κ1) is 17.1. The predicted octanol–water partition coefficient (Wildman–Crippen LogP) is 2.71. The van der Waals surface area contributed by atoms with Crippen LogP contribution in [-0.2, 0) is 4.79 Å². The fourth-order valence-electron chi connectivity index (χ4n) is 2.36. The van der Waals surface area contributed by atoms with Crippen molar-refractivity contribution >= 4 is 5.91 Å². The molecule has 2 aromatic rings. The van der Waals surface area contributed by atoms with Crippen LogP contribution in [0.3, 0.4) is 0 Å². The fourth-order valence-corrected chi connectivity index (χ4v) is 2.36. The quantitative estimate of drug-likeness (QED) is 0.825. The van der Waals surface area contributed by atoms with Crippen LogP contribution < -0.4 is 10.6 Å². The summed E-state index contributed by atoms with van der Waals surface area (Å²) in [5.74, 6) is 0.0387. The Labute approximate surface area is 137 Å². The Balaban J connectivity index is 1.97. The number of benzene rings is 1. The van der Waals surface area contributed by atoms with Crippen molar-refractivity contribution in [3.05, 3.63) is 48.5 Å². The van der Waals surface area contributed by atoms with Gasteiger partial charge in [0.05, 0.1) is 6.04 Å². The van der Waals surface area contributed by atoms with E-state index in [0.717, 1.165) is 23.1 Å². The van der Waals surface area contributed by atoms with Crippen LogP contribution in [0.2, 0.25) is 0 Å². The zero-order valence-electron chi connectivity index (χ0n) is 13.9. The molecule has 0 spiro atoms. The average Bonchev–Trinajstić information content (AvgIpc) is 2.60. The minimum absolute atomic E-state index is 0.0387. The van der Waals surface area contributed by atoms with Crippen molar-refractivity contribution in [3.8, 4) is 11.1 Å². The number of aromatic nitrogens is 2. The zero-order valence-corrected chi connectivity index (χ0v) is 13.9. The molecule has 0 saturated carbocycles. The molecule has 5 heteroatoms. The van der Waals surface area contributed by atoms with Gasteiger partial charge in [0, 0.05) is 30.5 Å². The largest absolute Gasteiger partial charge is 0.355 e. The Morgan fingerprint density at radius 2 is 1.74 bits per heavy atom. The van der Waals surface area contributed by atoms with E-state index in [1.54, 1.807) is 12.4 Å². The molecule has 0 bridgehead atoms. The molecule has 0 unspecified atom stereocenters. The highest BCUT2D eigenvalue weighted by Crippen LogP contribution is 2.20. The molecule has 2 atom stereocenters. The minimum atomic E-state index is -0.223. The van der Waals surface area contributed by atoms with Crippen LogP contribution in [0.1, 0.15) is 38.8 Å². The number of nitrogens with one attached hydrogen (secondary N) is 2. The van der Waals surface area contributed by atoms with E-state index >= 15 is 0 Å². The summed E-state index contributed by atoms with van der Waals surface area (Å²) >= 11 is 0. The van der Waals surface area contributed by atoms with Crippen LogP contribution in [0, 0.1) is 0 Å². The minimum Gasteiger partial charge on any atom is -0.355 e. The Bertz CT molecular complexity index is 613. The second-order valence-electron chi connectivity index (χ2n) is 5.65. The van der Waals surface area contributed by atoms with Gasteiger partial charge < -0.3 is 5.32 Å². The van der Waals surface area contributed by atoms with E-state index in [0.29, 0.717) is 6.54 Å². The van der Waals surface area contributed by atoms with Crippen molar-refractivity contribution in [1.29, 1.82) is 0 Å². The monoisotopic (exact) mass is 312 g/mol. The maximum Gasteiger partial charge on any atom is 0.236 e. The highest BCUT2D eigenvalue weighted by molar-refractivity contribution is 5.81.